The van der Waals surface area contributed by atoms with Gasteiger partial charge in [-0.3, -0.25) is 0 Å². The average molecular weight is 304 g/mol. The van der Waals surface area contributed by atoms with Crippen molar-refractivity contribution >= 4 is 5.69 Å². The Morgan fingerprint density at radius 3 is 2.14 bits per heavy atom. The first-order valence-electron chi connectivity index (χ1n) is 7.05. The molecule has 0 amide bonds. The number of alkyl halides is 3. The van der Waals surface area contributed by atoms with Crippen molar-refractivity contribution in [3.63, 3.8) is 0 Å². The SMILES string of the molecule is CN(c1ccc(F)cc1)C1(CN)CCC(C(F)(F)F)CC1. The molecular formula is C15H20F4N2. The summed E-state index contributed by atoms with van der Waals surface area (Å²) in [5.41, 5.74) is 6.15. The van der Waals surface area contributed by atoms with Gasteiger partial charge in [0, 0.05) is 19.3 Å². The first kappa shape index (κ1) is 16.1. The van der Waals surface area contributed by atoms with Gasteiger partial charge in [-0.2, -0.15) is 13.2 Å². The van der Waals surface area contributed by atoms with Gasteiger partial charge in [-0.05, 0) is 49.9 Å². The lowest BCUT2D eigenvalue weighted by Gasteiger charge is -2.47. The molecule has 1 fully saturated rings. The van der Waals surface area contributed by atoms with Crippen molar-refractivity contribution in [3.05, 3.63) is 30.1 Å². The molecule has 0 unspecified atom stereocenters. The van der Waals surface area contributed by atoms with Gasteiger partial charge in [0.2, 0.25) is 0 Å². The summed E-state index contributed by atoms with van der Waals surface area (Å²) in [5.74, 6) is -1.58. The molecule has 1 aliphatic rings. The molecule has 1 aliphatic carbocycles. The van der Waals surface area contributed by atoms with Gasteiger partial charge in [0.05, 0.1) is 11.5 Å². The smallest absolute Gasteiger partial charge is 0.368 e. The van der Waals surface area contributed by atoms with Crippen LogP contribution in [-0.4, -0.2) is 25.3 Å². The molecular weight excluding hydrogens is 284 g/mol. The van der Waals surface area contributed by atoms with E-state index in [0.29, 0.717) is 12.8 Å². The monoisotopic (exact) mass is 304 g/mol. The second kappa shape index (κ2) is 5.83. The normalized spacial score (nSPS) is 26.7. The molecule has 0 aliphatic heterocycles. The van der Waals surface area contributed by atoms with E-state index in [1.165, 1.54) is 12.1 Å². The van der Waals surface area contributed by atoms with Crippen LogP contribution in [0, 0.1) is 11.7 Å². The highest BCUT2D eigenvalue weighted by molar-refractivity contribution is 5.48. The number of halogens is 4. The number of benzene rings is 1. The van der Waals surface area contributed by atoms with E-state index in [1.807, 2.05) is 11.9 Å². The highest BCUT2D eigenvalue weighted by atomic mass is 19.4. The summed E-state index contributed by atoms with van der Waals surface area (Å²) in [6.45, 7) is 0.283. The minimum atomic E-state index is -4.13. The Morgan fingerprint density at radius 1 is 1.19 bits per heavy atom. The first-order valence-corrected chi connectivity index (χ1v) is 7.05. The van der Waals surface area contributed by atoms with Gasteiger partial charge in [-0.1, -0.05) is 0 Å². The molecule has 0 radical (unpaired) electrons. The average Bonchev–Trinajstić information content (AvgIpc) is 2.46. The molecule has 0 saturated heterocycles. The van der Waals surface area contributed by atoms with Crippen molar-refractivity contribution in [2.45, 2.75) is 37.4 Å². The fourth-order valence-corrected chi connectivity index (χ4v) is 3.10. The van der Waals surface area contributed by atoms with Crippen molar-refractivity contribution in [2.24, 2.45) is 11.7 Å². The number of nitrogens with zero attached hydrogens (tertiary/aromatic N) is 1. The fraction of sp³-hybridized carbons (Fsp3) is 0.600. The summed E-state index contributed by atoms with van der Waals surface area (Å²) in [6, 6.07) is 5.94. The zero-order valence-electron chi connectivity index (χ0n) is 12.0. The Bertz CT molecular complexity index is 462. The third-order valence-corrected chi connectivity index (χ3v) is 4.68. The van der Waals surface area contributed by atoms with Gasteiger partial charge in [0.25, 0.3) is 0 Å². The van der Waals surface area contributed by atoms with E-state index in [2.05, 4.69) is 0 Å². The van der Waals surface area contributed by atoms with Crippen LogP contribution in [0.3, 0.4) is 0 Å². The van der Waals surface area contributed by atoms with Crippen LogP contribution in [0.2, 0.25) is 0 Å². The molecule has 0 spiro atoms. The van der Waals surface area contributed by atoms with E-state index in [9.17, 15) is 17.6 Å². The lowest BCUT2D eigenvalue weighted by Crippen LogP contribution is -2.55. The van der Waals surface area contributed by atoms with Crippen LogP contribution in [0.25, 0.3) is 0 Å². The maximum Gasteiger partial charge on any atom is 0.391 e. The fourth-order valence-electron chi connectivity index (χ4n) is 3.10. The quantitative estimate of drug-likeness (QED) is 0.863. The van der Waals surface area contributed by atoms with Crippen molar-refractivity contribution in [3.8, 4) is 0 Å². The van der Waals surface area contributed by atoms with E-state index in [1.54, 1.807) is 12.1 Å². The van der Waals surface area contributed by atoms with Gasteiger partial charge in [-0.25, -0.2) is 4.39 Å². The summed E-state index contributed by atoms with van der Waals surface area (Å²) in [7, 11) is 1.81. The maximum absolute atomic E-state index is 13.0. The van der Waals surface area contributed by atoms with Crippen molar-refractivity contribution in [1.29, 1.82) is 0 Å². The number of anilines is 1. The number of hydrogen-bond donors (Lipinski definition) is 1. The Balaban J connectivity index is 2.14. The minimum absolute atomic E-state index is 0.0895. The van der Waals surface area contributed by atoms with E-state index in [-0.39, 0.29) is 25.2 Å². The van der Waals surface area contributed by atoms with Gasteiger partial charge in [-0.15, -0.1) is 0 Å². The molecule has 118 valence electrons. The molecule has 2 nitrogen and oxygen atoms in total. The molecule has 1 aromatic rings. The molecule has 2 rings (SSSR count). The number of nitrogens with two attached hydrogens (primary N) is 1. The van der Waals surface area contributed by atoms with Gasteiger partial charge < -0.3 is 10.6 Å². The van der Waals surface area contributed by atoms with Gasteiger partial charge >= 0.3 is 6.18 Å². The van der Waals surface area contributed by atoms with Gasteiger partial charge in [0.15, 0.2) is 0 Å². The number of likely N-dealkylation sites (N-methyl/N-ethyl adjacent to an activating group) is 1. The molecule has 0 atom stereocenters. The van der Waals surface area contributed by atoms with Gasteiger partial charge in [0.1, 0.15) is 5.82 Å². The van der Waals surface area contributed by atoms with Crippen LogP contribution in [-0.2, 0) is 0 Å². The van der Waals surface area contributed by atoms with E-state index in [4.69, 9.17) is 5.73 Å². The summed E-state index contributed by atoms with van der Waals surface area (Å²) in [6.07, 6.45) is -3.17. The molecule has 21 heavy (non-hydrogen) atoms. The summed E-state index contributed by atoms with van der Waals surface area (Å²) < 4.78 is 51.3. The second-order valence-electron chi connectivity index (χ2n) is 5.78. The van der Waals surface area contributed by atoms with Crippen LogP contribution in [0.15, 0.2) is 24.3 Å². The zero-order valence-corrected chi connectivity index (χ0v) is 12.0. The predicted molar refractivity (Wildman–Crippen MR) is 74.6 cm³/mol. The Morgan fingerprint density at radius 2 is 1.71 bits per heavy atom. The predicted octanol–water partition coefficient (Wildman–Crippen LogP) is 3.71. The topological polar surface area (TPSA) is 29.3 Å². The molecule has 0 aromatic heterocycles. The van der Waals surface area contributed by atoms with Crippen LogP contribution in [0.4, 0.5) is 23.2 Å². The van der Waals surface area contributed by atoms with Crippen LogP contribution >= 0.6 is 0 Å². The molecule has 2 N–H and O–H groups in total. The molecule has 0 bridgehead atoms. The molecule has 0 heterocycles. The lowest BCUT2D eigenvalue weighted by molar-refractivity contribution is -0.184. The first-order chi connectivity index (χ1) is 9.78. The van der Waals surface area contributed by atoms with E-state index >= 15 is 0 Å². The maximum atomic E-state index is 13.0. The summed E-state index contributed by atoms with van der Waals surface area (Å²) in [5, 5.41) is 0. The van der Waals surface area contributed by atoms with Crippen LogP contribution < -0.4 is 10.6 Å². The van der Waals surface area contributed by atoms with Crippen molar-refractivity contribution < 1.29 is 17.6 Å². The Hall–Kier alpha value is -1.30. The molecule has 1 aromatic carbocycles. The third kappa shape index (κ3) is 3.31. The van der Waals surface area contributed by atoms with Crippen LogP contribution in [0.5, 0.6) is 0 Å². The number of rotatable bonds is 3. The van der Waals surface area contributed by atoms with Crippen molar-refractivity contribution in [2.75, 3.05) is 18.5 Å². The zero-order chi connectivity index (χ0) is 15.7. The molecule has 6 heteroatoms. The second-order valence-corrected chi connectivity index (χ2v) is 5.78. The summed E-state index contributed by atoms with van der Waals surface area (Å²) in [4.78, 5) is 1.90. The number of hydrogen-bond acceptors (Lipinski definition) is 2. The Kier molecular flexibility index (Phi) is 4.46. The minimum Gasteiger partial charge on any atom is -0.368 e. The van der Waals surface area contributed by atoms with Crippen molar-refractivity contribution in [1.82, 2.24) is 0 Å². The van der Waals surface area contributed by atoms with E-state index < -0.39 is 17.6 Å². The van der Waals surface area contributed by atoms with E-state index in [0.717, 1.165) is 5.69 Å². The lowest BCUT2D eigenvalue weighted by atomic mass is 9.75. The highest BCUT2D eigenvalue weighted by Gasteiger charge is 2.46. The third-order valence-electron chi connectivity index (χ3n) is 4.68. The summed E-state index contributed by atoms with van der Waals surface area (Å²) >= 11 is 0. The Labute approximate surface area is 121 Å². The highest BCUT2D eigenvalue weighted by Crippen LogP contribution is 2.43. The largest absolute Gasteiger partial charge is 0.391 e. The standard InChI is InChI=1S/C15H20F4N2/c1-21(13-4-2-12(16)3-5-13)14(10-20)8-6-11(7-9-14)15(17,18)19/h2-5,11H,6-10,20H2,1H3. The molecule has 1 saturated carbocycles. The van der Waals surface area contributed by atoms with Crippen LogP contribution in [0.1, 0.15) is 25.7 Å².